The molecule has 10 heteroatoms. The molecule has 1 atom stereocenters. The maximum atomic E-state index is 12.7. The third-order valence-electron chi connectivity index (χ3n) is 3.09. The van der Waals surface area contributed by atoms with Gasteiger partial charge in [0, 0.05) is 18.5 Å². The second kappa shape index (κ2) is 8.02. The Hall–Kier alpha value is -2.17. The third kappa shape index (κ3) is 6.62. The van der Waals surface area contributed by atoms with Gasteiger partial charge in [0.25, 0.3) is 0 Å². The molecule has 0 spiro atoms. The molecule has 2 aromatic carbocycles. The van der Waals surface area contributed by atoms with Gasteiger partial charge in [0.2, 0.25) is 0 Å². The van der Waals surface area contributed by atoms with Crippen molar-refractivity contribution < 1.29 is 21.9 Å². The van der Waals surface area contributed by atoms with Crippen molar-refractivity contribution in [2.24, 2.45) is 4.36 Å². The average Bonchev–Trinajstić information content (AvgIpc) is 2.51. The van der Waals surface area contributed by atoms with Crippen LogP contribution in [0.4, 0.5) is 24.5 Å². The van der Waals surface area contributed by atoms with Gasteiger partial charge >= 0.3 is 6.18 Å². The van der Waals surface area contributed by atoms with Crippen molar-refractivity contribution in [2.75, 3.05) is 11.6 Å². The summed E-state index contributed by atoms with van der Waals surface area (Å²) in [6.07, 6.45) is -3.31. The quantitative estimate of drug-likeness (QED) is 0.660. The molecule has 3 N–H and O–H groups in total. The van der Waals surface area contributed by atoms with Crippen molar-refractivity contribution in [3.8, 4) is 0 Å². The van der Waals surface area contributed by atoms with Gasteiger partial charge in [-0.1, -0.05) is 18.2 Å². The van der Waals surface area contributed by atoms with E-state index in [1.54, 1.807) is 24.3 Å². The van der Waals surface area contributed by atoms with E-state index < -0.39 is 21.7 Å². The predicted molar refractivity (Wildman–Crippen MR) is 99.7 cm³/mol. The summed E-state index contributed by atoms with van der Waals surface area (Å²) in [7, 11) is -3.28. The standard InChI is InChI=1S/C16H16F3N3O2S2/c1-26(23,24)22-14-7-3-6-13(9-14)21-15(25)20-10-11-4-2-5-12(8-11)16(17,18)19/h2-9H,10H2,1H3,(H2,20,21,25)(H,22,23,24). The van der Waals surface area contributed by atoms with E-state index in [1.165, 1.54) is 12.1 Å². The zero-order valence-electron chi connectivity index (χ0n) is 13.6. The molecule has 5 nitrogen and oxygen atoms in total. The number of benzene rings is 2. The molecule has 2 rings (SSSR count). The number of hydrogen-bond acceptors (Lipinski definition) is 3. The molecule has 0 fully saturated rings. The zero-order valence-corrected chi connectivity index (χ0v) is 15.2. The molecule has 0 bridgehead atoms. The number of alkyl halides is 3. The lowest BCUT2D eigenvalue weighted by atomic mass is 10.1. The molecule has 2 aromatic rings. The van der Waals surface area contributed by atoms with Crippen LogP contribution in [0.5, 0.6) is 0 Å². The summed E-state index contributed by atoms with van der Waals surface area (Å²) >= 11 is 5.11. The summed E-state index contributed by atoms with van der Waals surface area (Å²) in [6, 6.07) is 11.3. The Labute approximate surface area is 154 Å². The Bertz CT molecular complexity index is 915. The van der Waals surface area contributed by atoms with E-state index >= 15 is 0 Å². The maximum Gasteiger partial charge on any atom is 0.416 e. The van der Waals surface area contributed by atoms with Gasteiger partial charge in [-0.15, -0.1) is 0 Å². The molecule has 0 aliphatic carbocycles. The summed E-state index contributed by atoms with van der Waals surface area (Å²) in [5.74, 6) is 0. The fraction of sp³-hybridized carbons (Fsp3) is 0.188. The largest absolute Gasteiger partial charge is 0.416 e. The lowest BCUT2D eigenvalue weighted by Gasteiger charge is -2.12. The van der Waals surface area contributed by atoms with Crippen molar-refractivity contribution in [2.45, 2.75) is 12.7 Å². The van der Waals surface area contributed by atoms with Crippen molar-refractivity contribution in [1.29, 1.82) is 0 Å². The first-order valence-corrected chi connectivity index (χ1v) is 9.57. The molecule has 1 unspecified atom stereocenters. The average molecular weight is 403 g/mol. The maximum absolute atomic E-state index is 12.7. The second-order valence-corrected chi connectivity index (χ2v) is 7.53. The summed E-state index contributed by atoms with van der Waals surface area (Å²) in [5.41, 5.74) is 0.526. The van der Waals surface area contributed by atoms with E-state index in [4.69, 9.17) is 12.2 Å². The molecular weight excluding hydrogens is 387 g/mol. The highest BCUT2D eigenvalue weighted by atomic mass is 32.2. The van der Waals surface area contributed by atoms with Gasteiger partial charge in [0.1, 0.15) is 0 Å². The van der Waals surface area contributed by atoms with Crippen molar-refractivity contribution in [3.63, 3.8) is 0 Å². The minimum absolute atomic E-state index is 0.110. The van der Waals surface area contributed by atoms with Crippen LogP contribution in [0.3, 0.4) is 0 Å². The Morgan fingerprint density at radius 2 is 1.92 bits per heavy atom. The van der Waals surface area contributed by atoms with Gasteiger partial charge < -0.3 is 15.2 Å². The van der Waals surface area contributed by atoms with Gasteiger partial charge in [-0.25, -0.2) is 4.21 Å². The Morgan fingerprint density at radius 1 is 1.23 bits per heavy atom. The molecular formula is C16H16F3N3O2S2. The number of nitrogens with one attached hydrogen (secondary N) is 2. The summed E-state index contributed by atoms with van der Waals surface area (Å²) in [4.78, 5) is 0. The highest BCUT2D eigenvalue weighted by molar-refractivity contribution is 7.87. The van der Waals surface area contributed by atoms with Gasteiger partial charge in [-0.2, -0.15) is 17.5 Å². The van der Waals surface area contributed by atoms with Crippen molar-refractivity contribution >= 4 is 38.7 Å². The van der Waals surface area contributed by atoms with E-state index in [0.29, 0.717) is 16.9 Å². The summed E-state index contributed by atoms with van der Waals surface area (Å²) in [6.45, 7) is 0.110. The zero-order chi connectivity index (χ0) is 19.4. The van der Waals surface area contributed by atoms with Crippen molar-refractivity contribution in [1.82, 2.24) is 5.32 Å². The molecule has 140 valence electrons. The highest BCUT2D eigenvalue weighted by Gasteiger charge is 2.30. The molecule has 0 aliphatic rings. The molecule has 0 saturated carbocycles. The Kier molecular flexibility index (Phi) is 6.21. The number of thiocarbonyl (C=S) groups is 1. The van der Waals surface area contributed by atoms with E-state index in [0.717, 1.165) is 18.4 Å². The van der Waals surface area contributed by atoms with Gasteiger partial charge in [-0.3, -0.25) is 0 Å². The molecule has 0 amide bonds. The number of nitrogens with zero attached hydrogens (tertiary/aromatic N) is 1. The van der Waals surface area contributed by atoms with Crippen LogP contribution in [0.2, 0.25) is 0 Å². The van der Waals surface area contributed by atoms with Gasteiger partial charge in [0.15, 0.2) is 15.1 Å². The normalized spacial score (nSPS) is 13.6. The van der Waals surface area contributed by atoms with Crippen LogP contribution in [0, 0.1) is 0 Å². The van der Waals surface area contributed by atoms with E-state index in [2.05, 4.69) is 15.0 Å². The van der Waals surface area contributed by atoms with Crippen molar-refractivity contribution in [3.05, 3.63) is 59.7 Å². The van der Waals surface area contributed by atoms with Crippen LogP contribution < -0.4 is 10.6 Å². The van der Waals surface area contributed by atoms with Crippen LogP contribution in [-0.4, -0.2) is 20.1 Å². The van der Waals surface area contributed by atoms with Gasteiger partial charge in [-0.05, 0) is 48.1 Å². The molecule has 0 heterocycles. The van der Waals surface area contributed by atoms with Crippen LogP contribution in [0.15, 0.2) is 52.9 Å². The molecule has 0 radical (unpaired) electrons. The molecule has 0 aliphatic heterocycles. The van der Waals surface area contributed by atoms with Crippen LogP contribution in [0.1, 0.15) is 11.1 Å². The molecule has 0 saturated heterocycles. The summed E-state index contributed by atoms with van der Waals surface area (Å²) in [5, 5.41) is 5.85. The Morgan fingerprint density at radius 3 is 2.58 bits per heavy atom. The second-order valence-electron chi connectivity index (χ2n) is 5.41. The number of rotatable bonds is 4. The van der Waals surface area contributed by atoms with Crippen LogP contribution in [-0.2, 0) is 22.7 Å². The SMILES string of the molecule is CS(=O)(O)=Nc1cccc(NC(=S)NCc2cccc(C(F)(F)F)c2)c1. The predicted octanol–water partition coefficient (Wildman–Crippen LogP) is 4.39. The van der Waals surface area contributed by atoms with Crippen LogP contribution in [0.25, 0.3) is 0 Å². The van der Waals surface area contributed by atoms with E-state index in [-0.39, 0.29) is 11.7 Å². The highest BCUT2D eigenvalue weighted by Crippen LogP contribution is 2.29. The first-order chi connectivity index (χ1) is 12.0. The fourth-order valence-electron chi connectivity index (χ4n) is 2.05. The fourth-order valence-corrected chi connectivity index (χ4v) is 2.75. The minimum Gasteiger partial charge on any atom is -0.358 e. The number of halogens is 3. The van der Waals surface area contributed by atoms with E-state index in [9.17, 15) is 21.9 Å². The number of hydrogen-bond donors (Lipinski definition) is 3. The monoisotopic (exact) mass is 403 g/mol. The third-order valence-corrected chi connectivity index (χ3v) is 3.88. The smallest absolute Gasteiger partial charge is 0.358 e. The first-order valence-electron chi connectivity index (χ1n) is 7.28. The van der Waals surface area contributed by atoms with Crippen LogP contribution >= 0.6 is 12.2 Å². The lowest BCUT2D eigenvalue weighted by molar-refractivity contribution is -0.137. The topological polar surface area (TPSA) is 73.7 Å². The molecule has 26 heavy (non-hydrogen) atoms. The minimum atomic E-state index is -4.40. The van der Waals surface area contributed by atoms with E-state index in [1.807, 2.05) is 0 Å². The number of anilines is 1. The Balaban J connectivity index is 2.00. The molecule has 0 aromatic heterocycles. The lowest BCUT2D eigenvalue weighted by Crippen LogP contribution is -2.27. The summed E-state index contributed by atoms with van der Waals surface area (Å²) < 4.78 is 62.3. The first kappa shape index (κ1) is 20.1. The van der Waals surface area contributed by atoms with Gasteiger partial charge in [0.05, 0.1) is 11.3 Å².